The van der Waals surface area contributed by atoms with E-state index in [0.717, 1.165) is 5.56 Å². The second-order valence-corrected chi connectivity index (χ2v) is 4.10. The molecule has 0 aliphatic carbocycles. The molecule has 0 heterocycles. The zero-order valence-electron chi connectivity index (χ0n) is 10.4. The minimum absolute atomic E-state index is 0.293. The van der Waals surface area contributed by atoms with Crippen LogP contribution in [0.5, 0.6) is 5.75 Å². The van der Waals surface area contributed by atoms with Crippen molar-refractivity contribution in [1.82, 2.24) is 0 Å². The number of carbonyl (C=O) groups is 1. The van der Waals surface area contributed by atoms with Gasteiger partial charge in [0.05, 0.1) is 11.6 Å². The summed E-state index contributed by atoms with van der Waals surface area (Å²) in [6, 6.07) is 18.4. The number of rotatable bonds is 4. The predicted molar refractivity (Wildman–Crippen MR) is 71.6 cm³/mol. The first-order valence-corrected chi connectivity index (χ1v) is 6.03. The second kappa shape index (κ2) is 6.36. The monoisotopic (exact) mass is 251 g/mol. The van der Waals surface area contributed by atoms with Crippen LogP contribution >= 0.6 is 0 Å². The van der Waals surface area contributed by atoms with Crippen LogP contribution in [0.1, 0.15) is 17.5 Å². The summed E-state index contributed by atoms with van der Waals surface area (Å²) in [5.41, 5.74) is 1.58. The van der Waals surface area contributed by atoms with E-state index in [4.69, 9.17) is 10.00 Å². The van der Waals surface area contributed by atoms with Crippen LogP contribution in [0.4, 0.5) is 0 Å². The van der Waals surface area contributed by atoms with Crippen LogP contribution < -0.4 is 4.74 Å². The van der Waals surface area contributed by atoms with E-state index in [9.17, 15) is 4.79 Å². The van der Waals surface area contributed by atoms with Crippen LogP contribution in [0.25, 0.3) is 0 Å². The first-order valence-electron chi connectivity index (χ1n) is 6.03. The van der Waals surface area contributed by atoms with Gasteiger partial charge in [-0.05, 0) is 30.2 Å². The van der Waals surface area contributed by atoms with Crippen LogP contribution in [-0.2, 0) is 11.2 Å². The summed E-state index contributed by atoms with van der Waals surface area (Å²) in [4.78, 5) is 11.7. The van der Waals surface area contributed by atoms with Gasteiger partial charge in [-0.15, -0.1) is 0 Å². The van der Waals surface area contributed by atoms with E-state index in [1.54, 1.807) is 24.3 Å². The lowest BCUT2D eigenvalue weighted by atomic mass is 10.1. The van der Waals surface area contributed by atoms with Gasteiger partial charge in [-0.2, -0.15) is 5.26 Å². The zero-order valence-corrected chi connectivity index (χ0v) is 10.4. The van der Waals surface area contributed by atoms with Crippen LogP contribution in [0.2, 0.25) is 0 Å². The van der Waals surface area contributed by atoms with E-state index in [2.05, 4.69) is 0 Å². The second-order valence-electron chi connectivity index (χ2n) is 4.10. The summed E-state index contributed by atoms with van der Waals surface area (Å²) >= 11 is 0. The Morgan fingerprint density at radius 2 is 1.89 bits per heavy atom. The van der Waals surface area contributed by atoms with Gasteiger partial charge in [0.1, 0.15) is 5.75 Å². The van der Waals surface area contributed by atoms with Crippen molar-refractivity contribution in [2.75, 3.05) is 0 Å². The van der Waals surface area contributed by atoms with Crippen LogP contribution in [-0.4, -0.2) is 5.97 Å². The Hall–Kier alpha value is -2.60. The number of ether oxygens (including phenoxy) is 1. The minimum Gasteiger partial charge on any atom is -0.426 e. The van der Waals surface area contributed by atoms with Gasteiger partial charge >= 0.3 is 5.97 Å². The molecule has 3 nitrogen and oxygen atoms in total. The van der Waals surface area contributed by atoms with Gasteiger partial charge < -0.3 is 4.74 Å². The van der Waals surface area contributed by atoms with E-state index < -0.39 is 0 Å². The van der Waals surface area contributed by atoms with E-state index in [-0.39, 0.29) is 5.97 Å². The highest BCUT2D eigenvalue weighted by atomic mass is 16.5. The molecule has 0 aliphatic rings. The fraction of sp³-hybridized carbons (Fsp3) is 0.125. The maximum absolute atomic E-state index is 11.7. The molecular weight excluding hydrogens is 238 g/mol. The Morgan fingerprint density at radius 3 is 2.63 bits per heavy atom. The highest BCUT2D eigenvalue weighted by molar-refractivity contribution is 5.72. The topological polar surface area (TPSA) is 50.1 Å². The molecule has 0 unspecified atom stereocenters. The molecule has 0 spiro atoms. The third kappa shape index (κ3) is 3.97. The van der Waals surface area contributed by atoms with Crippen molar-refractivity contribution in [3.8, 4) is 11.8 Å². The fourth-order valence-electron chi connectivity index (χ4n) is 1.70. The first-order chi connectivity index (χ1) is 9.28. The molecule has 94 valence electrons. The minimum atomic E-state index is -0.293. The molecule has 0 N–H and O–H groups in total. The Morgan fingerprint density at radius 1 is 1.11 bits per heavy atom. The summed E-state index contributed by atoms with van der Waals surface area (Å²) < 4.78 is 5.19. The highest BCUT2D eigenvalue weighted by Crippen LogP contribution is 2.13. The molecule has 3 heteroatoms. The van der Waals surface area contributed by atoms with Crippen molar-refractivity contribution in [2.24, 2.45) is 0 Å². The van der Waals surface area contributed by atoms with Crippen molar-refractivity contribution in [1.29, 1.82) is 5.26 Å². The molecule has 0 atom stereocenters. The summed E-state index contributed by atoms with van der Waals surface area (Å²) in [7, 11) is 0. The smallest absolute Gasteiger partial charge is 0.311 e. The van der Waals surface area contributed by atoms with Gasteiger partial charge in [-0.25, -0.2) is 0 Å². The molecule has 0 saturated carbocycles. The third-order valence-electron chi connectivity index (χ3n) is 2.66. The first kappa shape index (κ1) is 12.8. The number of carbonyl (C=O) groups excluding carboxylic acids is 1. The lowest BCUT2D eigenvalue weighted by Gasteiger charge is -2.04. The number of benzene rings is 2. The fourth-order valence-corrected chi connectivity index (χ4v) is 1.70. The number of nitriles is 1. The van der Waals surface area contributed by atoms with Crippen molar-refractivity contribution in [3.63, 3.8) is 0 Å². The molecule has 2 aromatic carbocycles. The number of nitrogens with zero attached hydrogens (tertiary/aromatic N) is 1. The number of aryl methyl sites for hydroxylation is 1. The average molecular weight is 251 g/mol. The van der Waals surface area contributed by atoms with Crippen molar-refractivity contribution in [3.05, 3.63) is 65.7 Å². The molecule has 2 aromatic rings. The van der Waals surface area contributed by atoms with Crippen LogP contribution in [0.15, 0.2) is 54.6 Å². The SMILES string of the molecule is N#Cc1cccc(OC(=O)CCc2ccccc2)c1. The van der Waals surface area contributed by atoms with Gasteiger partial charge in [0, 0.05) is 6.42 Å². The molecule has 19 heavy (non-hydrogen) atoms. The molecule has 2 rings (SSSR count). The van der Waals surface area contributed by atoms with E-state index >= 15 is 0 Å². The predicted octanol–water partition coefficient (Wildman–Crippen LogP) is 3.10. The number of esters is 1. The molecular formula is C16H13NO2. The molecule has 0 radical (unpaired) electrons. The van der Waals surface area contributed by atoms with Gasteiger partial charge in [0.2, 0.25) is 0 Å². The molecule has 0 aromatic heterocycles. The molecule has 0 saturated heterocycles. The number of hydrogen-bond donors (Lipinski definition) is 0. The van der Waals surface area contributed by atoms with Crippen LogP contribution in [0.3, 0.4) is 0 Å². The molecule has 0 amide bonds. The van der Waals surface area contributed by atoms with Gasteiger partial charge in [0.25, 0.3) is 0 Å². The summed E-state index contributed by atoms with van der Waals surface area (Å²) in [5, 5.41) is 8.76. The zero-order chi connectivity index (χ0) is 13.5. The average Bonchev–Trinajstić information content (AvgIpc) is 2.46. The van der Waals surface area contributed by atoms with Gasteiger partial charge in [-0.3, -0.25) is 4.79 Å². The molecule has 0 aliphatic heterocycles. The Balaban J connectivity index is 1.89. The Bertz CT molecular complexity index is 600. The standard InChI is InChI=1S/C16H13NO2/c17-12-14-7-4-8-15(11-14)19-16(18)10-9-13-5-2-1-3-6-13/h1-8,11H,9-10H2. The summed E-state index contributed by atoms with van der Waals surface area (Å²) in [5.74, 6) is 0.121. The number of hydrogen-bond acceptors (Lipinski definition) is 3. The molecule has 0 bridgehead atoms. The Kier molecular flexibility index (Phi) is 4.30. The van der Waals surface area contributed by atoms with Gasteiger partial charge in [0.15, 0.2) is 0 Å². The maximum atomic E-state index is 11.7. The normalized spacial score (nSPS) is 9.63. The van der Waals surface area contributed by atoms with Gasteiger partial charge in [-0.1, -0.05) is 36.4 Å². The van der Waals surface area contributed by atoms with Crippen LogP contribution in [0, 0.1) is 11.3 Å². The summed E-state index contributed by atoms with van der Waals surface area (Å²) in [6.07, 6.45) is 0.971. The quantitative estimate of drug-likeness (QED) is 0.619. The molecule has 0 fully saturated rings. The largest absolute Gasteiger partial charge is 0.426 e. The Labute approximate surface area is 112 Å². The lowest BCUT2D eigenvalue weighted by molar-refractivity contribution is -0.134. The van der Waals surface area contributed by atoms with E-state index in [1.165, 1.54) is 0 Å². The van der Waals surface area contributed by atoms with Crippen molar-refractivity contribution >= 4 is 5.97 Å². The maximum Gasteiger partial charge on any atom is 0.311 e. The van der Waals surface area contributed by atoms with E-state index in [0.29, 0.717) is 24.2 Å². The third-order valence-corrected chi connectivity index (χ3v) is 2.66. The van der Waals surface area contributed by atoms with Crippen molar-refractivity contribution < 1.29 is 9.53 Å². The summed E-state index contributed by atoms with van der Waals surface area (Å²) in [6.45, 7) is 0. The highest BCUT2D eigenvalue weighted by Gasteiger charge is 2.05. The lowest BCUT2D eigenvalue weighted by Crippen LogP contribution is -2.09. The van der Waals surface area contributed by atoms with E-state index in [1.807, 2.05) is 36.4 Å². The van der Waals surface area contributed by atoms with Crippen molar-refractivity contribution in [2.45, 2.75) is 12.8 Å².